The molecule has 2 aliphatic rings. The van der Waals surface area contributed by atoms with Gasteiger partial charge in [0.05, 0.1) is 0 Å². The maximum absolute atomic E-state index is 13.1. The molecule has 1 N–H and O–H groups in total. The largest absolute Gasteiger partial charge is 0.369 e. The number of anilines is 1. The predicted molar refractivity (Wildman–Crippen MR) is 116 cm³/mol. The highest BCUT2D eigenvalue weighted by atomic mass is 19.1. The van der Waals surface area contributed by atoms with Crippen molar-refractivity contribution in [2.45, 2.75) is 19.9 Å². The molecule has 1 aromatic heterocycles. The van der Waals surface area contributed by atoms with Gasteiger partial charge < -0.3 is 19.7 Å². The van der Waals surface area contributed by atoms with Gasteiger partial charge in [0, 0.05) is 64.2 Å². The van der Waals surface area contributed by atoms with Crippen molar-refractivity contribution in [1.82, 2.24) is 24.7 Å². The first-order valence-electron chi connectivity index (χ1n) is 10.9. The molecule has 0 unspecified atom stereocenters. The normalized spacial score (nSPS) is 17.0. The lowest BCUT2D eigenvalue weighted by Crippen LogP contribution is -2.47. The quantitative estimate of drug-likeness (QED) is 0.676. The number of carbonyl (C=O) groups is 2. The number of aromatic nitrogens is 2. The lowest BCUT2D eigenvalue weighted by molar-refractivity contribution is 0.0707. The molecule has 2 aromatic rings. The van der Waals surface area contributed by atoms with Gasteiger partial charge in [-0.25, -0.2) is 9.37 Å². The van der Waals surface area contributed by atoms with E-state index >= 15 is 0 Å². The second kappa shape index (κ2) is 9.47. The Labute approximate surface area is 181 Å². The molecule has 0 saturated carbocycles. The summed E-state index contributed by atoms with van der Waals surface area (Å²) in [5, 5.41) is 2.92. The third-order valence-corrected chi connectivity index (χ3v) is 5.98. The van der Waals surface area contributed by atoms with Crippen molar-refractivity contribution in [3.05, 3.63) is 47.8 Å². The summed E-state index contributed by atoms with van der Waals surface area (Å²) in [6.07, 6.45) is 2.52. The average Bonchev–Trinajstić information content (AvgIpc) is 3.23. The van der Waals surface area contributed by atoms with E-state index in [4.69, 9.17) is 0 Å². The molecule has 0 atom stereocenters. The molecule has 1 aromatic carbocycles. The fourth-order valence-corrected chi connectivity index (χ4v) is 4.12. The Kier molecular flexibility index (Phi) is 6.50. The molecule has 0 bridgehead atoms. The topological polar surface area (TPSA) is 73.7 Å². The minimum Gasteiger partial charge on any atom is -0.369 e. The minimum atomic E-state index is -0.237. The van der Waals surface area contributed by atoms with Gasteiger partial charge in [-0.15, -0.1) is 0 Å². The van der Waals surface area contributed by atoms with Crippen LogP contribution in [0.5, 0.6) is 0 Å². The van der Waals surface area contributed by atoms with E-state index in [0.29, 0.717) is 37.7 Å². The van der Waals surface area contributed by atoms with E-state index in [1.165, 1.54) is 12.1 Å². The second-order valence-corrected chi connectivity index (χ2v) is 7.94. The molecule has 2 amide bonds. The Morgan fingerprint density at radius 1 is 1.10 bits per heavy atom. The number of imidazole rings is 1. The van der Waals surface area contributed by atoms with E-state index in [-0.39, 0.29) is 17.6 Å². The zero-order chi connectivity index (χ0) is 21.8. The highest BCUT2D eigenvalue weighted by Crippen LogP contribution is 2.17. The van der Waals surface area contributed by atoms with Gasteiger partial charge in [0.2, 0.25) is 0 Å². The molecule has 4 rings (SSSR count). The minimum absolute atomic E-state index is 0.118. The van der Waals surface area contributed by atoms with Gasteiger partial charge in [-0.3, -0.25) is 14.5 Å². The lowest BCUT2D eigenvalue weighted by Gasteiger charge is -2.36. The highest BCUT2D eigenvalue weighted by Gasteiger charge is 2.27. The summed E-state index contributed by atoms with van der Waals surface area (Å²) >= 11 is 0. The molecule has 31 heavy (non-hydrogen) atoms. The number of hydrogen-bond donors (Lipinski definition) is 1. The van der Waals surface area contributed by atoms with Crippen LogP contribution in [0.15, 0.2) is 30.5 Å². The van der Waals surface area contributed by atoms with Crippen molar-refractivity contribution in [3.63, 3.8) is 0 Å². The van der Waals surface area contributed by atoms with Gasteiger partial charge in [0.1, 0.15) is 11.5 Å². The second-order valence-electron chi connectivity index (χ2n) is 7.94. The Hall–Kier alpha value is -2.94. The van der Waals surface area contributed by atoms with Crippen molar-refractivity contribution in [2.24, 2.45) is 0 Å². The molecule has 8 nitrogen and oxygen atoms in total. The summed E-state index contributed by atoms with van der Waals surface area (Å²) in [5.74, 6) is -0.224. The SMILES string of the molecule is CCN1CCn2cc(C(=O)NCCCN3CCN(c4ccc(F)cc4)CC3)nc2C1=O. The van der Waals surface area contributed by atoms with E-state index in [1.54, 1.807) is 15.7 Å². The van der Waals surface area contributed by atoms with Crippen molar-refractivity contribution < 1.29 is 14.0 Å². The first-order chi connectivity index (χ1) is 15.0. The van der Waals surface area contributed by atoms with Crippen molar-refractivity contribution in [2.75, 3.05) is 57.3 Å². The number of fused-ring (bicyclic) bond motifs is 1. The van der Waals surface area contributed by atoms with Crippen LogP contribution in [-0.4, -0.2) is 83.5 Å². The van der Waals surface area contributed by atoms with Crippen LogP contribution in [0.25, 0.3) is 0 Å². The summed E-state index contributed by atoms with van der Waals surface area (Å²) < 4.78 is 14.9. The summed E-state index contributed by atoms with van der Waals surface area (Å²) in [4.78, 5) is 35.4. The Morgan fingerprint density at radius 3 is 2.55 bits per heavy atom. The molecule has 0 radical (unpaired) electrons. The molecule has 2 aliphatic heterocycles. The van der Waals surface area contributed by atoms with Crippen LogP contribution in [0.3, 0.4) is 0 Å². The number of halogens is 1. The number of piperazine rings is 1. The van der Waals surface area contributed by atoms with Gasteiger partial charge in [-0.1, -0.05) is 0 Å². The molecule has 1 fully saturated rings. The highest BCUT2D eigenvalue weighted by molar-refractivity contribution is 5.96. The summed E-state index contributed by atoms with van der Waals surface area (Å²) in [5.41, 5.74) is 1.35. The zero-order valence-electron chi connectivity index (χ0n) is 17.9. The molecule has 3 heterocycles. The van der Waals surface area contributed by atoms with E-state index in [1.807, 2.05) is 19.1 Å². The molecule has 1 saturated heterocycles. The smallest absolute Gasteiger partial charge is 0.289 e. The van der Waals surface area contributed by atoms with Gasteiger partial charge in [0.25, 0.3) is 11.8 Å². The number of hydrogen-bond acceptors (Lipinski definition) is 5. The number of benzene rings is 1. The molecule has 166 valence electrons. The fraction of sp³-hybridized carbons (Fsp3) is 0.500. The number of nitrogens with one attached hydrogen (secondary N) is 1. The Morgan fingerprint density at radius 2 is 1.84 bits per heavy atom. The Balaban J connectivity index is 1.18. The number of rotatable bonds is 7. The molecule has 0 aliphatic carbocycles. The van der Waals surface area contributed by atoms with Crippen LogP contribution in [-0.2, 0) is 6.54 Å². The Bertz CT molecular complexity index is 921. The van der Waals surface area contributed by atoms with E-state index in [0.717, 1.165) is 44.8 Å². The fourth-order valence-electron chi connectivity index (χ4n) is 4.12. The average molecular weight is 429 g/mol. The van der Waals surface area contributed by atoms with E-state index in [9.17, 15) is 14.0 Å². The van der Waals surface area contributed by atoms with Gasteiger partial charge in [0.15, 0.2) is 5.82 Å². The van der Waals surface area contributed by atoms with Crippen LogP contribution in [0.1, 0.15) is 34.5 Å². The van der Waals surface area contributed by atoms with Crippen LogP contribution < -0.4 is 10.2 Å². The van der Waals surface area contributed by atoms with E-state index < -0.39 is 0 Å². The monoisotopic (exact) mass is 428 g/mol. The summed E-state index contributed by atoms with van der Waals surface area (Å²) in [6.45, 7) is 9.05. The van der Waals surface area contributed by atoms with E-state index in [2.05, 4.69) is 20.1 Å². The third kappa shape index (κ3) is 4.87. The summed E-state index contributed by atoms with van der Waals surface area (Å²) in [7, 11) is 0. The number of likely N-dealkylation sites (N-methyl/N-ethyl adjacent to an activating group) is 1. The van der Waals surface area contributed by atoms with Crippen LogP contribution in [0.2, 0.25) is 0 Å². The van der Waals surface area contributed by atoms with Crippen molar-refractivity contribution in [3.8, 4) is 0 Å². The summed E-state index contributed by atoms with van der Waals surface area (Å²) in [6, 6.07) is 6.64. The maximum Gasteiger partial charge on any atom is 0.289 e. The lowest BCUT2D eigenvalue weighted by atomic mass is 10.2. The van der Waals surface area contributed by atoms with Gasteiger partial charge in [-0.05, 0) is 44.2 Å². The standard InChI is InChI=1S/C22H29FN6O2/c1-2-27-14-15-29-16-19(25-20(29)22(27)31)21(30)24-8-3-9-26-10-12-28(13-11-26)18-6-4-17(23)5-7-18/h4-7,16H,2-3,8-15H2,1H3,(H,24,30). The first-order valence-corrected chi connectivity index (χ1v) is 10.9. The van der Waals surface area contributed by atoms with Gasteiger partial charge in [-0.2, -0.15) is 0 Å². The van der Waals surface area contributed by atoms with Crippen molar-refractivity contribution >= 4 is 17.5 Å². The van der Waals surface area contributed by atoms with Gasteiger partial charge >= 0.3 is 0 Å². The number of amides is 2. The molecule has 0 spiro atoms. The number of nitrogens with zero attached hydrogens (tertiary/aromatic N) is 5. The van der Waals surface area contributed by atoms with Crippen molar-refractivity contribution in [1.29, 1.82) is 0 Å². The molecule has 9 heteroatoms. The third-order valence-electron chi connectivity index (χ3n) is 5.98. The zero-order valence-corrected chi connectivity index (χ0v) is 17.9. The first kappa shape index (κ1) is 21.3. The molecular weight excluding hydrogens is 399 g/mol. The van der Waals surface area contributed by atoms with Crippen LogP contribution >= 0.6 is 0 Å². The maximum atomic E-state index is 13.1. The predicted octanol–water partition coefficient (Wildman–Crippen LogP) is 1.44. The van der Waals surface area contributed by atoms with Crippen LogP contribution in [0, 0.1) is 5.82 Å². The van der Waals surface area contributed by atoms with Crippen LogP contribution in [0.4, 0.5) is 10.1 Å². The number of carbonyl (C=O) groups excluding carboxylic acids is 2. The molecular formula is C22H29FN6O2.